The minimum atomic E-state index is -0.604. The second-order valence-corrected chi connectivity index (χ2v) is 5.21. The second-order valence-electron chi connectivity index (χ2n) is 5.21. The van der Waals surface area contributed by atoms with Gasteiger partial charge in [-0.05, 0) is 18.2 Å². The van der Waals surface area contributed by atoms with Crippen molar-refractivity contribution in [2.75, 3.05) is 5.32 Å². The van der Waals surface area contributed by atoms with Gasteiger partial charge in [-0.3, -0.25) is 5.10 Å². The predicted octanol–water partition coefficient (Wildman–Crippen LogP) is 2.28. The maximum atomic E-state index is 11.0. The van der Waals surface area contributed by atoms with Crippen LogP contribution in [0.1, 0.15) is 0 Å². The molecule has 1 aromatic carbocycles. The highest BCUT2D eigenvalue weighted by atomic mass is 16.2. The molecule has 0 aliphatic heterocycles. The van der Waals surface area contributed by atoms with Gasteiger partial charge in [0, 0.05) is 28.6 Å². The molecule has 3 heterocycles. The summed E-state index contributed by atoms with van der Waals surface area (Å²) in [6.07, 6.45) is 7.03. The fraction of sp³-hybridized carbons (Fsp3) is 0. The zero-order valence-electron chi connectivity index (χ0n) is 12.5. The number of imidazole rings is 1. The Morgan fingerprint density at radius 1 is 1.12 bits per heavy atom. The van der Waals surface area contributed by atoms with E-state index in [0.29, 0.717) is 5.69 Å². The van der Waals surface area contributed by atoms with Gasteiger partial charge in [-0.15, -0.1) is 0 Å². The summed E-state index contributed by atoms with van der Waals surface area (Å²) in [5.41, 5.74) is 10.1. The van der Waals surface area contributed by atoms with Gasteiger partial charge in [0.25, 0.3) is 0 Å². The molecule has 0 bridgehead atoms. The quantitative estimate of drug-likeness (QED) is 0.537. The minimum absolute atomic E-state index is 0.604. The van der Waals surface area contributed by atoms with E-state index in [9.17, 15) is 4.79 Å². The first-order valence-corrected chi connectivity index (χ1v) is 7.20. The number of benzene rings is 1. The van der Waals surface area contributed by atoms with Gasteiger partial charge < -0.3 is 11.1 Å². The van der Waals surface area contributed by atoms with Crippen LogP contribution < -0.4 is 11.1 Å². The van der Waals surface area contributed by atoms with E-state index < -0.39 is 6.03 Å². The van der Waals surface area contributed by atoms with Gasteiger partial charge in [0.15, 0.2) is 5.65 Å². The maximum absolute atomic E-state index is 11.0. The summed E-state index contributed by atoms with van der Waals surface area (Å²) in [6.45, 7) is 0. The molecule has 0 unspecified atom stereocenters. The summed E-state index contributed by atoms with van der Waals surface area (Å²) in [7, 11) is 0. The van der Waals surface area contributed by atoms with Crippen LogP contribution in [0.4, 0.5) is 10.5 Å². The van der Waals surface area contributed by atoms with Gasteiger partial charge in [0.1, 0.15) is 0 Å². The fourth-order valence-electron chi connectivity index (χ4n) is 2.54. The standard InChI is InChI=1S/C16H13N7O/c17-16(24)22-13-3-1-2-10(4-13)14-9-18-15-5-11(8-21-23(14)15)12-6-19-20-7-12/h1-9H,(H,19,20)(H3,17,22,24). The van der Waals surface area contributed by atoms with Gasteiger partial charge in [-0.1, -0.05) is 12.1 Å². The van der Waals surface area contributed by atoms with E-state index in [0.717, 1.165) is 28.0 Å². The molecular formula is C16H13N7O. The maximum Gasteiger partial charge on any atom is 0.316 e. The highest BCUT2D eigenvalue weighted by molar-refractivity contribution is 5.88. The van der Waals surface area contributed by atoms with E-state index >= 15 is 0 Å². The van der Waals surface area contributed by atoms with Crippen LogP contribution in [-0.2, 0) is 0 Å². The number of nitrogens with zero attached hydrogens (tertiary/aromatic N) is 4. The number of H-pyrrole nitrogens is 1. The van der Waals surface area contributed by atoms with Gasteiger partial charge in [-0.25, -0.2) is 14.3 Å². The molecule has 0 aliphatic rings. The van der Waals surface area contributed by atoms with E-state index in [2.05, 4.69) is 25.6 Å². The summed E-state index contributed by atoms with van der Waals surface area (Å²) in [6, 6.07) is 8.67. The molecular weight excluding hydrogens is 306 g/mol. The molecule has 3 aromatic heterocycles. The van der Waals surface area contributed by atoms with Crippen LogP contribution in [0.25, 0.3) is 28.0 Å². The Morgan fingerprint density at radius 2 is 2.04 bits per heavy atom. The van der Waals surface area contributed by atoms with E-state index in [4.69, 9.17) is 5.73 Å². The van der Waals surface area contributed by atoms with Crippen LogP contribution in [0.5, 0.6) is 0 Å². The molecule has 24 heavy (non-hydrogen) atoms. The van der Waals surface area contributed by atoms with Crippen LogP contribution in [0, 0.1) is 0 Å². The number of primary amides is 1. The number of rotatable bonds is 3. The molecule has 118 valence electrons. The number of hydrogen-bond donors (Lipinski definition) is 3. The average Bonchev–Trinajstić information content (AvgIpc) is 3.23. The Morgan fingerprint density at radius 3 is 2.83 bits per heavy atom. The Balaban J connectivity index is 1.77. The smallest absolute Gasteiger partial charge is 0.316 e. The molecule has 4 N–H and O–H groups in total. The molecule has 0 saturated heterocycles. The van der Waals surface area contributed by atoms with Crippen LogP contribution >= 0.6 is 0 Å². The number of carbonyl (C=O) groups excluding carboxylic acids is 1. The molecule has 4 aromatic rings. The third-order valence-electron chi connectivity index (χ3n) is 3.62. The molecule has 0 saturated carbocycles. The van der Waals surface area contributed by atoms with Crippen molar-refractivity contribution in [2.45, 2.75) is 0 Å². The molecule has 0 radical (unpaired) electrons. The number of nitrogens with two attached hydrogens (primary N) is 1. The molecule has 0 aliphatic carbocycles. The summed E-state index contributed by atoms with van der Waals surface area (Å²) in [5.74, 6) is 0. The van der Waals surface area contributed by atoms with Crippen molar-refractivity contribution in [3.05, 3.63) is 55.1 Å². The van der Waals surface area contributed by atoms with Crippen LogP contribution in [0.3, 0.4) is 0 Å². The highest BCUT2D eigenvalue weighted by Gasteiger charge is 2.10. The number of urea groups is 1. The Kier molecular flexibility index (Phi) is 3.20. The number of aromatic amines is 1. The van der Waals surface area contributed by atoms with E-state index in [1.54, 1.807) is 35.4 Å². The van der Waals surface area contributed by atoms with Crippen LogP contribution in [0.2, 0.25) is 0 Å². The first-order chi connectivity index (χ1) is 11.7. The van der Waals surface area contributed by atoms with E-state index in [1.807, 2.05) is 24.3 Å². The molecule has 0 spiro atoms. The lowest BCUT2D eigenvalue weighted by Gasteiger charge is -2.05. The van der Waals surface area contributed by atoms with Crippen molar-refractivity contribution in [3.63, 3.8) is 0 Å². The van der Waals surface area contributed by atoms with Crippen molar-refractivity contribution in [1.82, 2.24) is 24.8 Å². The van der Waals surface area contributed by atoms with E-state index in [-0.39, 0.29) is 0 Å². The molecule has 8 heteroatoms. The van der Waals surface area contributed by atoms with Gasteiger partial charge in [0.2, 0.25) is 0 Å². The lowest BCUT2D eigenvalue weighted by atomic mass is 10.1. The van der Waals surface area contributed by atoms with Gasteiger partial charge in [-0.2, -0.15) is 10.2 Å². The molecule has 4 rings (SSSR count). The molecule has 0 fully saturated rings. The van der Waals surface area contributed by atoms with Crippen molar-refractivity contribution >= 4 is 17.4 Å². The zero-order chi connectivity index (χ0) is 16.5. The largest absolute Gasteiger partial charge is 0.351 e. The number of aromatic nitrogens is 5. The lowest BCUT2D eigenvalue weighted by Crippen LogP contribution is -2.19. The fourth-order valence-corrected chi connectivity index (χ4v) is 2.54. The second kappa shape index (κ2) is 5.51. The first kappa shape index (κ1) is 13.9. The number of anilines is 1. The van der Waals surface area contributed by atoms with Crippen molar-refractivity contribution < 1.29 is 4.79 Å². The first-order valence-electron chi connectivity index (χ1n) is 7.20. The summed E-state index contributed by atoms with van der Waals surface area (Å²) in [5, 5.41) is 13.7. The van der Waals surface area contributed by atoms with Crippen molar-refractivity contribution in [2.24, 2.45) is 5.73 Å². The van der Waals surface area contributed by atoms with Gasteiger partial charge in [0.05, 0.1) is 24.3 Å². The zero-order valence-corrected chi connectivity index (χ0v) is 12.5. The monoisotopic (exact) mass is 319 g/mol. The van der Waals surface area contributed by atoms with Crippen LogP contribution in [-0.4, -0.2) is 30.8 Å². The Hall–Kier alpha value is -3.68. The predicted molar refractivity (Wildman–Crippen MR) is 89.2 cm³/mol. The van der Waals surface area contributed by atoms with Crippen molar-refractivity contribution in [3.8, 4) is 22.4 Å². The third kappa shape index (κ3) is 2.45. The molecule has 2 amide bonds. The number of fused-ring (bicyclic) bond motifs is 1. The molecule has 8 nitrogen and oxygen atoms in total. The van der Waals surface area contributed by atoms with E-state index in [1.165, 1.54) is 0 Å². The normalized spacial score (nSPS) is 10.8. The van der Waals surface area contributed by atoms with Gasteiger partial charge >= 0.3 is 6.03 Å². The minimum Gasteiger partial charge on any atom is -0.351 e. The number of carbonyl (C=O) groups is 1. The number of nitrogens with one attached hydrogen (secondary N) is 2. The lowest BCUT2D eigenvalue weighted by molar-refractivity contribution is 0.259. The third-order valence-corrected chi connectivity index (χ3v) is 3.62. The van der Waals surface area contributed by atoms with Crippen molar-refractivity contribution in [1.29, 1.82) is 0 Å². The average molecular weight is 319 g/mol. The summed E-state index contributed by atoms with van der Waals surface area (Å²) < 4.78 is 1.74. The van der Waals surface area contributed by atoms with Crippen LogP contribution in [0.15, 0.2) is 55.1 Å². The highest BCUT2D eigenvalue weighted by Crippen LogP contribution is 2.25. The SMILES string of the molecule is NC(=O)Nc1cccc(-c2cnc3cc(-c4cn[nH]c4)cnn23)c1. The number of hydrogen-bond acceptors (Lipinski definition) is 4. The Labute approximate surface area is 136 Å². The summed E-state index contributed by atoms with van der Waals surface area (Å²) >= 11 is 0. The topological polar surface area (TPSA) is 114 Å². The Bertz CT molecular complexity index is 1020. The number of amides is 2. The summed E-state index contributed by atoms with van der Waals surface area (Å²) in [4.78, 5) is 15.4. The molecule has 0 atom stereocenters.